The van der Waals surface area contributed by atoms with Crippen LogP contribution in [0.5, 0.6) is 0 Å². The van der Waals surface area contributed by atoms with Gasteiger partial charge in [-0.2, -0.15) is 0 Å². The Morgan fingerprint density at radius 3 is 1.90 bits per heavy atom. The van der Waals surface area contributed by atoms with E-state index in [9.17, 15) is 19.8 Å². The maximum Gasteiger partial charge on any atom is 0.330 e. The number of nitrogens with one attached hydrogen (secondary N) is 1. The molecule has 8 heteroatoms. The Hall–Kier alpha value is -4.60. The largest absolute Gasteiger partial charge is 0.394 e. The molecule has 4 atom stereocenters. The Morgan fingerprint density at radius 2 is 1.31 bits per heavy atom. The molecule has 1 aromatic heterocycles. The lowest BCUT2D eigenvalue weighted by Gasteiger charge is -2.24. The van der Waals surface area contributed by atoms with E-state index in [4.69, 9.17) is 9.47 Å². The van der Waals surface area contributed by atoms with Gasteiger partial charge in [0.1, 0.15) is 18.3 Å². The van der Waals surface area contributed by atoms with Gasteiger partial charge in [-0.05, 0) is 76.3 Å². The highest BCUT2D eigenvalue weighted by atomic mass is 16.6. The summed E-state index contributed by atoms with van der Waals surface area (Å²) in [6.07, 6.45) is -2.81. The summed E-state index contributed by atoms with van der Waals surface area (Å²) in [5.41, 5.74) is -0.283. The average Bonchev–Trinajstić information content (AvgIpc) is 3.32. The number of hydrogen-bond acceptors (Lipinski definition) is 6. The van der Waals surface area contributed by atoms with Crippen molar-refractivity contribution in [2.24, 2.45) is 0 Å². The number of rotatable bonds is 5. The number of H-pyrrole nitrogens is 1. The lowest BCUT2D eigenvalue weighted by atomic mass is 9.82. The zero-order chi connectivity index (χ0) is 28.3. The van der Waals surface area contributed by atoms with Crippen molar-refractivity contribution in [2.45, 2.75) is 31.1 Å². The lowest BCUT2D eigenvalue weighted by Crippen LogP contribution is -2.39. The van der Waals surface area contributed by atoms with Crippen LogP contribution in [-0.2, 0) is 16.1 Å². The van der Waals surface area contributed by atoms with Gasteiger partial charge in [-0.1, -0.05) is 60.7 Å². The molecule has 8 nitrogen and oxygen atoms in total. The van der Waals surface area contributed by atoms with Crippen molar-refractivity contribution in [1.82, 2.24) is 9.55 Å². The summed E-state index contributed by atoms with van der Waals surface area (Å²) in [5.74, 6) is 0. The van der Waals surface area contributed by atoms with Crippen molar-refractivity contribution in [1.29, 1.82) is 0 Å². The van der Waals surface area contributed by atoms with Crippen LogP contribution in [-0.4, -0.2) is 44.7 Å². The number of aliphatic hydroxyl groups excluding tert-OH is 2. The molecular formula is C34H24N2O6. The van der Waals surface area contributed by atoms with Gasteiger partial charge in [-0.3, -0.25) is 14.3 Å². The van der Waals surface area contributed by atoms with Crippen LogP contribution < -0.4 is 11.2 Å². The second-order valence-electron chi connectivity index (χ2n) is 11.3. The molecule has 0 aliphatic carbocycles. The Labute approximate surface area is 236 Å². The van der Waals surface area contributed by atoms with Crippen LogP contribution in [0.3, 0.4) is 0 Å². The lowest BCUT2D eigenvalue weighted by molar-refractivity contribution is -0.0795. The smallest absolute Gasteiger partial charge is 0.330 e. The van der Waals surface area contributed by atoms with Gasteiger partial charge in [0.2, 0.25) is 0 Å². The van der Waals surface area contributed by atoms with E-state index in [1.54, 1.807) is 0 Å². The zero-order valence-corrected chi connectivity index (χ0v) is 22.2. The first-order valence-corrected chi connectivity index (χ1v) is 14.0. The fourth-order valence-corrected chi connectivity index (χ4v) is 7.27. The van der Waals surface area contributed by atoms with E-state index in [2.05, 4.69) is 71.7 Å². The molecule has 8 aromatic rings. The molecule has 2 unspecified atom stereocenters. The van der Waals surface area contributed by atoms with Crippen LogP contribution in [0, 0.1) is 0 Å². The highest BCUT2D eigenvalue weighted by Gasteiger charge is 2.45. The standard InChI is InChI=1S/C34H24N2O6/c37-14-23-31(39)32(33(42-23)36-12-11-24(38)35-34(36)40)41-15-21-13-20-8-7-18-4-2-16-1-3-17-5-6-19-9-10-22(21)30-28(19)26(17)25(16)27(18)29(20)30/h1-13,23,31-33,37,39H,14-15H2,(H,35,38,40)/t23-,31?,32?,33-/m1/s1. The molecule has 0 radical (unpaired) electrons. The summed E-state index contributed by atoms with van der Waals surface area (Å²) >= 11 is 0. The monoisotopic (exact) mass is 556 g/mol. The molecule has 2 heterocycles. The second kappa shape index (κ2) is 8.47. The van der Waals surface area contributed by atoms with Crippen molar-refractivity contribution >= 4 is 64.6 Å². The summed E-state index contributed by atoms with van der Waals surface area (Å²) in [6.45, 7) is -0.312. The first-order valence-electron chi connectivity index (χ1n) is 14.0. The number of ether oxygens (including phenoxy) is 2. The van der Waals surface area contributed by atoms with Gasteiger partial charge in [0, 0.05) is 12.3 Å². The topological polar surface area (TPSA) is 114 Å². The summed E-state index contributed by atoms with van der Waals surface area (Å²) in [5, 5.41) is 35.3. The minimum Gasteiger partial charge on any atom is -0.394 e. The van der Waals surface area contributed by atoms with Gasteiger partial charge in [0.05, 0.1) is 13.2 Å². The molecule has 3 N–H and O–H groups in total. The summed E-state index contributed by atoms with van der Waals surface area (Å²) < 4.78 is 13.4. The van der Waals surface area contributed by atoms with Crippen LogP contribution >= 0.6 is 0 Å². The summed E-state index contributed by atoms with van der Waals surface area (Å²) in [6, 6.07) is 25.1. The molecular weight excluding hydrogens is 532 g/mol. The molecule has 0 amide bonds. The summed E-state index contributed by atoms with van der Waals surface area (Å²) in [4.78, 5) is 26.5. The molecule has 42 heavy (non-hydrogen) atoms. The maximum absolute atomic E-state index is 12.6. The predicted octanol–water partition coefficient (Wildman–Crippen LogP) is 4.61. The van der Waals surface area contributed by atoms with Gasteiger partial charge in [-0.25, -0.2) is 4.79 Å². The van der Waals surface area contributed by atoms with Gasteiger partial charge in [-0.15, -0.1) is 0 Å². The minimum atomic E-state index is -1.19. The van der Waals surface area contributed by atoms with E-state index in [0.717, 1.165) is 16.3 Å². The minimum absolute atomic E-state index is 0.135. The first-order chi connectivity index (χ1) is 20.5. The quantitative estimate of drug-likeness (QED) is 0.211. The van der Waals surface area contributed by atoms with E-state index < -0.39 is 42.4 Å². The molecule has 1 fully saturated rings. The molecule has 1 saturated heterocycles. The molecule has 206 valence electrons. The van der Waals surface area contributed by atoms with Gasteiger partial charge >= 0.3 is 5.69 Å². The van der Waals surface area contributed by atoms with E-state index in [1.165, 1.54) is 70.7 Å². The number of benzene rings is 7. The molecule has 0 spiro atoms. The number of aromatic nitrogens is 2. The van der Waals surface area contributed by atoms with Crippen molar-refractivity contribution in [2.75, 3.05) is 6.61 Å². The SMILES string of the molecule is O=c1ccn([C@@H]2O[C@H](CO)C(O)C2OCc2cc3ccc4ccc5ccc6ccc7ccc2c2c7c6c5c4c32)c(=O)[nH]1. The average molecular weight is 557 g/mol. The third-order valence-electron chi connectivity index (χ3n) is 9.14. The molecule has 0 saturated carbocycles. The first kappa shape index (κ1) is 24.0. The van der Waals surface area contributed by atoms with Crippen LogP contribution in [0.15, 0.2) is 88.6 Å². The third-order valence-corrected chi connectivity index (χ3v) is 9.14. The van der Waals surface area contributed by atoms with Crippen molar-refractivity contribution < 1.29 is 19.7 Å². The maximum atomic E-state index is 12.6. The van der Waals surface area contributed by atoms with Crippen LogP contribution in [0.2, 0.25) is 0 Å². The van der Waals surface area contributed by atoms with Crippen LogP contribution in [0.1, 0.15) is 11.8 Å². The molecule has 9 rings (SSSR count). The van der Waals surface area contributed by atoms with E-state index in [-0.39, 0.29) is 6.61 Å². The number of hydrogen-bond donors (Lipinski definition) is 3. The highest BCUT2D eigenvalue weighted by molar-refractivity contribution is 6.44. The zero-order valence-electron chi connectivity index (χ0n) is 22.2. The van der Waals surface area contributed by atoms with E-state index in [1.807, 2.05) is 0 Å². The van der Waals surface area contributed by atoms with Crippen molar-refractivity contribution in [3.8, 4) is 0 Å². The van der Waals surface area contributed by atoms with E-state index in [0.29, 0.717) is 0 Å². The molecule has 1 aliphatic rings. The number of aliphatic hydroxyl groups is 2. The van der Waals surface area contributed by atoms with Gasteiger partial charge < -0.3 is 19.7 Å². The van der Waals surface area contributed by atoms with Crippen molar-refractivity contribution in [3.63, 3.8) is 0 Å². The highest BCUT2D eigenvalue weighted by Crippen LogP contribution is 2.49. The Kier molecular flexibility index (Phi) is 4.85. The van der Waals surface area contributed by atoms with Crippen molar-refractivity contribution in [3.05, 3.63) is 105 Å². The Balaban J connectivity index is 1.24. The normalized spacial score (nSPS) is 21.5. The van der Waals surface area contributed by atoms with Crippen LogP contribution in [0.25, 0.3) is 64.6 Å². The second-order valence-corrected chi connectivity index (χ2v) is 11.3. The predicted molar refractivity (Wildman–Crippen MR) is 162 cm³/mol. The fourth-order valence-electron chi connectivity index (χ4n) is 7.27. The summed E-state index contributed by atoms with van der Waals surface area (Å²) in [7, 11) is 0. The molecule has 1 aliphatic heterocycles. The Bertz CT molecular complexity index is 2370. The van der Waals surface area contributed by atoms with Gasteiger partial charge in [0.15, 0.2) is 6.23 Å². The number of nitrogens with zero attached hydrogens (tertiary/aromatic N) is 1. The molecule has 7 aromatic carbocycles. The van der Waals surface area contributed by atoms with Crippen LogP contribution in [0.4, 0.5) is 0 Å². The third kappa shape index (κ3) is 3.09. The van der Waals surface area contributed by atoms with Gasteiger partial charge in [0.25, 0.3) is 5.56 Å². The molecule has 0 bridgehead atoms. The fraction of sp³-hybridized carbons (Fsp3) is 0.176. The Morgan fingerprint density at radius 1 is 0.762 bits per heavy atom. The van der Waals surface area contributed by atoms with E-state index >= 15 is 0 Å². The number of aromatic amines is 1.